The van der Waals surface area contributed by atoms with E-state index in [1.807, 2.05) is 24.3 Å². The molecule has 0 saturated heterocycles. The molecule has 2 saturated carbocycles. The first-order valence-corrected chi connectivity index (χ1v) is 10.8. The number of fused-ring (bicyclic) bond motifs is 2. The van der Waals surface area contributed by atoms with E-state index in [4.69, 9.17) is 4.74 Å². The summed E-state index contributed by atoms with van der Waals surface area (Å²) in [7, 11) is 0. The van der Waals surface area contributed by atoms with Crippen molar-refractivity contribution in [3.8, 4) is 0 Å². The summed E-state index contributed by atoms with van der Waals surface area (Å²) in [5, 5.41) is 10.8. The molecule has 1 aromatic carbocycles. The smallest absolute Gasteiger partial charge is 0.306 e. The van der Waals surface area contributed by atoms with Gasteiger partial charge in [0, 0.05) is 9.99 Å². The number of unbranched alkanes of at least 4 members (excludes halogenated alkanes) is 1. The van der Waals surface area contributed by atoms with Gasteiger partial charge in [-0.2, -0.15) is 0 Å². The number of aliphatic hydroxyl groups excluding tert-OH is 1. The lowest BCUT2D eigenvalue weighted by atomic mass is 9.86. The Kier molecular flexibility index (Phi) is 6.78. The van der Waals surface area contributed by atoms with E-state index < -0.39 is 12.2 Å². The number of ether oxygens (including phenoxy) is 1. The maximum atomic E-state index is 12.5. The molecule has 2 fully saturated rings. The van der Waals surface area contributed by atoms with Crippen molar-refractivity contribution >= 4 is 28.6 Å². The molecule has 4 heteroatoms. The van der Waals surface area contributed by atoms with E-state index in [0.29, 0.717) is 18.8 Å². The monoisotopic (exact) mass is 456 g/mol. The van der Waals surface area contributed by atoms with E-state index in [2.05, 4.69) is 29.5 Å². The zero-order chi connectivity index (χ0) is 17.8. The third-order valence-electron chi connectivity index (χ3n) is 6.01. The maximum absolute atomic E-state index is 12.5. The van der Waals surface area contributed by atoms with Gasteiger partial charge >= 0.3 is 5.97 Å². The van der Waals surface area contributed by atoms with Crippen molar-refractivity contribution in [2.75, 3.05) is 0 Å². The zero-order valence-electron chi connectivity index (χ0n) is 15.0. The third kappa shape index (κ3) is 4.76. The van der Waals surface area contributed by atoms with Crippen LogP contribution < -0.4 is 0 Å². The fourth-order valence-electron chi connectivity index (χ4n) is 4.66. The second-order valence-corrected chi connectivity index (χ2v) is 8.94. The lowest BCUT2D eigenvalue weighted by Crippen LogP contribution is -2.28. The minimum absolute atomic E-state index is 0.122. The maximum Gasteiger partial charge on any atom is 0.306 e. The summed E-state index contributed by atoms with van der Waals surface area (Å²) < 4.78 is 6.81. The van der Waals surface area contributed by atoms with Crippen molar-refractivity contribution in [1.82, 2.24) is 0 Å². The number of carbonyl (C=O) groups excluding carboxylic acids is 1. The van der Waals surface area contributed by atoms with Crippen molar-refractivity contribution < 1.29 is 14.6 Å². The highest BCUT2D eigenvalue weighted by Gasteiger charge is 2.40. The molecule has 1 aromatic rings. The largest absolute Gasteiger partial charge is 0.459 e. The molecule has 0 radical (unpaired) electrons. The summed E-state index contributed by atoms with van der Waals surface area (Å²) in [5.41, 5.74) is 0.858. The third-order valence-corrected chi connectivity index (χ3v) is 7.00. The first-order chi connectivity index (χ1) is 12.1. The summed E-state index contributed by atoms with van der Waals surface area (Å²) >= 11 is 2.23. The minimum atomic E-state index is -0.747. The molecule has 3 unspecified atom stereocenters. The van der Waals surface area contributed by atoms with Crippen LogP contribution in [0.3, 0.4) is 0 Å². The average Bonchev–Trinajstić information content (AvgIpc) is 3.21. The van der Waals surface area contributed by atoms with Crippen LogP contribution in [0.25, 0.3) is 0 Å². The molecule has 138 valence electrons. The van der Waals surface area contributed by atoms with Crippen LogP contribution in [0.15, 0.2) is 24.3 Å². The molecule has 0 spiro atoms. The van der Waals surface area contributed by atoms with Gasteiger partial charge in [0.15, 0.2) is 0 Å². The van der Waals surface area contributed by atoms with E-state index in [-0.39, 0.29) is 5.97 Å². The molecule has 0 amide bonds. The summed E-state index contributed by atoms with van der Waals surface area (Å²) in [4.78, 5) is 12.5. The van der Waals surface area contributed by atoms with Gasteiger partial charge in [0.2, 0.25) is 0 Å². The molecule has 0 aliphatic heterocycles. The van der Waals surface area contributed by atoms with Gasteiger partial charge in [-0.15, -0.1) is 0 Å². The lowest BCUT2D eigenvalue weighted by Gasteiger charge is -2.26. The number of halogens is 1. The van der Waals surface area contributed by atoms with Crippen LogP contribution >= 0.6 is 22.6 Å². The van der Waals surface area contributed by atoms with E-state index in [9.17, 15) is 9.90 Å². The number of hydrogen-bond donors (Lipinski definition) is 1. The first kappa shape index (κ1) is 19.2. The Balaban J connectivity index is 1.61. The quantitative estimate of drug-likeness (QED) is 0.429. The van der Waals surface area contributed by atoms with Crippen LogP contribution in [0.4, 0.5) is 0 Å². The Morgan fingerprint density at radius 3 is 2.76 bits per heavy atom. The second kappa shape index (κ2) is 8.85. The molecule has 2 bridgehead atoms. The van der Waals surface area contributed by atoms with Gasteiger partial charge in [0.05, 0.1) is 0 Å². The van der Waals surface area contributed by atoms with E-state index in [1.54, 1.807) is 0 Å². The number of hydrogen-bond acceptors (Lipinski definition) is 3. The predicted octanol–water partition coefficient (Wildman–Crippen LogP) is 5.25. The zero-order valence-corrected chi connectivity index (χ0v) is 17.2. The van der Waals surface area contributed by atoms with Gasteiger partial charge in [-0.3, -0.25) is 4.79 Å². The number of esters is 1. The Bertz CT molecular complexity index is 588. The predicted molar refractivity (Wildman–Crippen MR) is 107 cm³/mol. The highest BCUT2D eigenvalue weighted by molar-refractivity contribution is 14.1. The molecule has 0 heterocycles. The number of benzene rings is 1. The molecule has 0 aromatic heterocycles. The standard InChI is InChI=1S/C21H29IO3/c1-2-3-8-19(21(24)17-6-4-5-7-18(17)22)25-20(23)13-16-12-14-9-10-15(16)11-14/h4-7,14-16,19,21,24H,2-3,8-13H2,1H3/t14?,15?,16?,19-,21-/m0/s1. The Hall–Kier alpha value is -0.620. The Morgan fingerprint density at radius 2 is 2.12 bits per heavy atom. The number of rotatable bonds is 8. The number of aliphatic hydroxyl groups is 1. The fraction of sp³-hybridized carbons (Fsp3) is 0.667. The molecule has 2 aliphatic carbocycles. The average molecular weight is 456 g/mol. The van der Waals surface area contributed by atoms with Crippen LogP contribution in [0, 0.1) is 21.3 Å². The van der Waals surface area contributed by atoms with Crippen molar-refractivity contribution in [2.45, 2.75) is 70.5 Å². The lowest BCUT2D eigenvalue weighted by molar-refractivity contribution is -0.157. The molecule has 25 heavy (non-hydrogen) atoms. The van der Waals surface area contributed by atoms with Crippen molar-refractivity contribution in [3.05, 3.63) is 33.4 Å². The Morgan fingerprint density at radius 1 is 1.32 bits per heavy atom. The van der Waals surface area contributed by atoms with Gasteiger partial charge in [0.1, 0.15) is 12.2 Å². The Labute approximate surface area is 164 Å². The molecule has 3 rings (SSSR count). The number of carbonyl (C=O) groups is 1. The van der Waals surface area contributed by atoms with Crippen LogP contribution in [-0.2, 0) is 9.53 Å². The molecule has 2 aliphatic rings. The van der Waals surface area contributed by atoms with Crippen molar-refractivity contribution in [3.63, 3.8) is 0 Å². The second-order valence-electron chi connectivity index (χ2n) is 7.78. The van der Waals surface area contributed by atoms with E-state index in [1.165, 1.54) is 25.7 Å². The summed E-state index contributed by atoms with van der Waals surface area (Å²) in [5.74, 6) is 1.96. The van der Waals surface area contributed by atoms with Gasteiger partial charge in [-0.25, -0.2) is 0 Å². The van der Waals surface area contributed by atoms with E-state index in [0.717, 1.165) is 33.8 Å². The summed E-state index contributed by atoms with van der Waals surface area (Å²) in [6.45, 7) is 2.12. The van der Waals surface area contributed by atoms with Crippen LogP contribution in [-0.4, -0.2) is 17.2 Å². The SMILES string of the molecule is CCCC[C@H](OC(=O)CC1CC2CCC1C2)[C@@H](O)c1ccccc1I. The van der Waals surface area contributed by atoms with Gasteiger partial charge in [0.25, 0.3) is 0 Å². The van der Waals surface area contributed by atoms with E-state index >= 15 is 0 Å². The molecular weight excluding hydrogens is 427 g/mol. The van der Waals surface area contributed by atoms with Crippen LogP contribution in [0.1, 0.15) is 70.0 Å². The summed E-state index contributed by atoms with van der Waals surface area (Å²) in [6.07, 6.45) is 7.16. The van der Waals surface area contributed by atoms with Gasteiger partial charge in [-0.05, 0) is 84.1 Å². The van der Waals surface area contributed by atoms with Crippen LogP contribution in [0.5, 0.6) is 0 Å². The minimum Gasteiger partial charge on any atom is -0.459 e. The fourth-order valence-corrected chi connectivity index (χ4v) is 5.37. The van der Waals surface area contributed by atoms with Crippen molar-refractivity contribution in [2.24, 2.45) is 17.8 Å². The molecular formula is C21H29IO3. The van der Waals surface area contributed by atoms with Crippen LogP contribution in [0.2, 0.25) is 0 Å². The first-order valence-electron chi connectivity index (χ1n) is 9.70. The highest BCUT2D eigenvalue weighted by Crippen LogP contribution is 2.49. The highest BCUT2D eigenvalue weighted by atomic mass is 127. The topological polar surface area (TPSA) is 46.5 Å². The van der Waals surface area contributed by atoms with Gasteiger partial charge < -0.3 is 9.84 Å². The molecule has 3 nitrogen and oxygen atoms in total. The van der Waals surface area contributed by atoms with Gasteiger partial charge in [-0.1, -0.05) is 38.0 Å². The van der Waals surface area contributed by atoms with Crippen molar-refractivity contribution in [1.29, 1.82) is 0 Å². The molecule has 1 N–H and O–H groups in total. The normalized spacial score (nSPS) is 27.2. The summed E-state index contributed by atoms with van der Waals surface area (Å²) in [6, 6.07) is 7.79. The molecule has 5 atom stereocenters.